The van der Waals surface area contributed by atoms with E-state index in [0.29, 0.717) is 13.0 Å². The molecule has 1 atom stereocenters. The van der Waals surface area contributed by atoms with E-state index in [1.807, 2.05) is 0 Å². The number of hydrogen-bond acceptors (Lipinski definition) is 3. The van der Waals surface area contributed by atoms with Gasteiger partial charge in [0, 0.05) is 13.0 Å². The van der Waals surface area contributed by atoms with Crippen LogP contribution in [-0.2, 0) is 9.53 Å². The Kier molecular flexibility index (Phi) is 14.1. The van der Waals surface area contributed by atoms with Crippen molar-refractivity contribution in [1.29, 1.82) is 0 Å². The number of ether oxygens (including phenoxy) is 1. The van der Waals surface area contributed by atoms with E-state index in [4.69, 9.17) is 4.74 Å². The average Bonchev–Trinajstić information content (AvgIpc) is 3.05. The molecule has 0 aromatic carbocycles. The Morgan fingerprint density at radius 2 is 1.64 bits per heavy atom. The molecule has 0 spiro atoms. The van der Waals surface area contributed by atoms with Crippen LogP contribution in [0.1, 0.15) is 104 Å². The highest BCUT2D eigenvalue weighted by Gasteiger charge is 2.20. The molecule has 0 aromatic heterocycles. The van der Waals surface area contributed by atoms with Gasteiger partial charge in [0.2, 0.25) is 0 Å². The molecule has 1 aliphatic rings. The van der Waals surface area contributed by atoms with Gasteiger partial charge in [-0.05, 0) is 51.1 Å². The number of carbonyl (C=O) groups is 1. The maximum Gasteiger partial charge on any atom is 0.305 e. The maximum absolute atomic E-state index is 11.7. The van der Waals surface area contributed by atoms with Crippen LogP contribution in [0, 0.1) is 5.92 Å². The zero-order valence-corrected chi connectivity index (χ0v) is 17.1. The highest BCUT2D eigenvalue weighted by atomic mass is 16.5. The summed E-state index contributed by atoms with van der Waals surface area (Å²) >= 11 is 0. The first kappa shape index (κ1) is 22.5. The second kappa shape index (κ2) is 15.7. The van der Waals surface area contributed by atoms with E-state index in [1.165, 1.54) is 83.8 Å². The second-order valence-corrected chi connectivity index (χ2v) is 7.90. The van der Waals surface area contributed by atoms with Crippen LogP contribution in [0.4, 0.5) is 0 Å². The molecule has 1 unspecified atom stereocenters. The fraction of sp³-hybridized carbons (Fsp3) is 0.955. The summed E-state index contributed by atoms with van der Waals surface area (Å²) in [5, 5.41) is 0. The highest BCUT2D eigenvalue weighted by Crippen LogP contribution is 2.21. The molecule has 0 bridgehead atoms. The zero-order valence-electron chi connectivity index (χ0n) is 17.1. The van der Waals surface area contributed by atoms with Crippen molar-refractivity contribution in [2.24, 2.45) is 5.92 Å². The number of unbranched alkanes of at least 4 members (excludes halogenated alkanes) is 8. The predicted octanol–water partition coefficient (Wildman–Crippen LogP) is 5.96. The Labute approximate surface area is 156 Å². The fourth-order valence-electron chi connectivity index (χ4n) is 3.86. The van der Waals surface area contributed by atoms with Crippen molar-refractivity contribution in [3.05, 3.63) is 0 Å². The standard InChI is InChI=1S/C22H43NO2/c1-3-5-6-7-8-9-13-19-25-22(24)15-11-10-12-17-23-18-16-21(20-23)14-4-2/h21H,3-20H2,1-2H3. The lowest BCUT2D eigenvalue weighted by Crippen LogP contribution is -2.21. The molecular formula is C22H43NO2. The molecule has 3 nitrogen and oxygen atoms in total. The van der Waals surface area contributed by atoms with Gasteiger partial charge in [-0.15, -0.1) is 0 Å². The van der Waals surface area contributed by atoms with Gasteiger partial charge in [-0.1, -0.05) is 65.2 Å². The van der Waals surface area contributed by atoms with E-state index >= 15 is 0 Å². The van der Waals surface area contributed by atoms with Crippen molar-refractivity contribution in [2.45, 2.75) is 104 Å². The number of rotatable bonds is 16. The monoisotopic (exact) mass is 353 g/mol. The average molecular weight is 354 g/mol. The Hall–Kier alpha value is -0.570. The summed E-state index contributed by atoms with van der Waals surface area (Å²) in [5.74, 6) is 0.946. The van der Waals surface area contributed by atoms with E-state index in [0.717, 1.165) is 25.2 Å². The van der Waals surface area contributed by atoms with Gasteiger partial charge in [0.15, 0.2) is 0 Å². The summed E-state index contributed by atoms with van der Waals surface area (Å²) in [4.78, 5) is 14.3. The molecule has 1 heterocycles. The van der Waals surface area contributed by atoms with Gasteiger partial charge in [-0.25, -0.2) is 0 Å². The number of hydrogen-bond donors (Lipinski definition) is 0. The fourth-order valence-corrected chi connectivity index (χ4v) is 3.86. The second-order valence-electron chi connectivity index (χ2n) is 7.90. The SMILES string of the molecule is CCCCCCCCCOC(=O)CCCCCN1CCC(CCC)C1. The van der Waals surface area contributed by atoms with Gasteiger partial charge < -0.3 is 9.64 Å². The minimum absolute atomic E-state index is 0.00941. The largest absolute Gasteiger partial charge is 0.466 e. The van der Waals surface area contributed by atoms with Crippen molar-refractivity contribution < 1.29 is 9.53 Å². The predicted molar refractivity (Wildman–Crippen MR) is 107 cm³/mol. The molecule has 0 saturated carbocycles. The van der Waals surface area contributed by atoms with Crippen LogP contribution < -0.4 is 0 Å². The van der Waals surface area contributed by atoms with E-state index in [2.05, 4.69) is 18.7 Å². The van der Waals surface area contributed by atoms with Crippen LogP contribution in [0.15, 0.2) is 0 Å². The van der Waals surface area contributed by atoms with E-state index < -0.39 is 0 Å². The Bertz CT molecular complexity index is 319. The van der Waals surface area contributed by atoms with Gasteiger partial charge in [-0.2, -0.15) is 0 Å². The van der Waals surface area contributed by atoms with Crippen LogP contribution >= 0.6 is 0 Å². The van der Waals surface area contributed by atoms with Crippen molar-refractivity contribution in [1.82, 2.24) is 4.90 Å². The summed E-state index contributed by atoms with van der Waals surface area (Å²) < 4.78 is 5.34. The molecule has 0 aliphatic carbocycles. The third-order valence-electron chi connectivity index (χ3n) is 5.43. The lowest BCUT2D eigenvalue weighted by Gasteiger charge is -2.15. The summed E-state index contributed by atoms with van der Waals surface area (Å²) in [5.41, 5.74) is 0. The molecule has 1 aliphatic heterocycles. The molecule has 0 N–H and O–H groups in total. The van der Waals surface area contributed by atoms with Gasteiger partial charge >= 0.3 is 5.97 Å². The molecule has 3 heteroatoms. The minimum atomic E-state index is 0.00941. The van der Waals surface area contributed by atoms with Gasteiger partial charge in [0.05, 0.1) is 6.61 Å². The lowest BCUT2D eigenvalue weighted by molar-refractivity contribution is -0.143. The molecule has 0 aromatic rings. The number of esters is 1. The topological polar surface area (TPSA) is 29.5 Å². The van der Waals surface area contributed by atoms with E-state index in [1.54, 1.807) is 0 Å². The Balaban J connectivity index is 1.83. The lowest BCUT2D eigenvalue weighted by atomic mass is 10.0. The van der Waals surface area contributed by atoms with Crippen LogP contribution in [0.3, 0.4) is 0 Å². The molecule has 0 amide bonds. The molecule has 148 valence electrons. The van der Waals surface area contributed by atoms with Gasteiger partial charge in [0.25, 0.3) is 0 Å². The van der Waals surface area contributed by atoms with Crippen LogP contribution in [0.5, 0.6) is 0 Å². The van der Waals surface area contributed by atoms with Crippen molar-refractivity contribution >= 4 is 5.97 Å². The quantitative estimate of drug-likeness (QED) is 0.253. The third kappa shape index (κ3) is 12.4. The summed E-state index contributed by atoms with van der Waals surface area (Å²) in [6, 6.07) is 0. The zero-order chi connectivity index (χ0) is 18.2. The third-order valence-corrected chi connectivity index (χ3v) is 5.43. The molecule has 25 heavy (non-hydrogen) atoms. The molecular weight excluding hydrogens is 310 g/mol. The van der Waals surface area contributed by atoms with Gasteiger partial charge in [-0.3, -0.25) is 4.79 Å². The number of nitrogens with zero attached hydrogens (tertiary/aromatic N) is 1. The Morgan fingerprint density at radius 3 is 2.40 bits per heavy atom. The van der Waals surface area contributed by atoms with Crippen molar-refractivity contribution in [2.75, 3.05) is 26.2 Å². The normalized spacial score (nSPS) is 17.9. The van der Waals surface area contributed by atoms with Crippen LogP contribution in [-0.4, -0.2) is 37.1 Å². The maximum atomic E-state index is 11.7. The minimum Gasteiger partial charge on any atom is -0.466 e. The first-order chi connectivity index (χ1) is 12.3. The summed E-state index contributed by atoms with van der Waals surface area (Å²) in [6.07, 6.45) is 16.9. The summed E-state index contributed by atoms with van der Waals surface area (Å²) in [6.45, 7) is 8.95. The molecule has 0 radical (unpaired) electrons. The molecule has 1 rings (SSSR count). The number of likely N-dealkylation sites (tertiary alicyclic amines) is 1. The van der Waals surface area contributed by atoms with Crippen molar-refractivity contribution in [3.8, 4) is 0 Å². The smallest absolute Gasteiger partial charge is 0.305 e. The van der Waals surface area contributed by atoms with E-state index in [9.17, 15) is 4.79 Å². The number of carbonyl (C=O) groups excluding carboxylic acids is 1. The Morgan fingerprint density at radius 1 is 0.920 bits per heavy atom. The van der Waals surface area contributed by atoms with Crippen LogP contribution in [0.25, 0.3) is 0 Å². The van der Waals surface area contributed by atoms with Crippen molar-refractivity contribution in [3.63, 3.8) is 0 Å². The van der Waals surface area contributed by atoms with Gasteiger partial charge in [0.1, 0.15) is 0 Å². The first-order valence-corrected chi connectivity index (χ1v) is 11.1. The van der Waals surface area contributed by atoms with Crippen LogP contribution in [0.2, 0.25) is 0 Å². The first-order valence-electron chi connectivity index (χ1n) is 11.1. The summed E-state index contributed by atoms with van der Waals surface area (Å²) in [7, 11) is 0. The highest BCUT2D eigenvalue weighted by molar-refractivity contribution is 5.69. The molecule has 1 saturated heterocycles. The van der Waals surface area contributed by atoms with E-state index in [-0.39, 0.29) is 5.97 Å². The molecule has 1 fully saturated rings.